The number of benzene rings is 2. The topological polar surface area (TPSA) is 124 Å². The van der Waals surface area contributed by atoms with Crippen molar-refractivity contribution in [2.45, 2.75) is 19.9 Å². The van der Waals surface area contributed by atoms with Crippen LogP contribution in [0.2, 0.25) is 0 Å². The molecule has 0 spiro atoms. The van der Waals surface area contributed by atoms with Crippen LogP contribution in [0.25, 0.3) is 5.76 Å². The Morgan fingerprint density at radius 2 is 1.82 bits per heavy atom. The minimum absolute atomic E-state index is 0.104. The van der Waals surface area contributed by atoms with E-state index in [1.807, 2.05) is 6.92 Å². The van der Waals surface area contributed by atoms with Crippen LogP contribution in [-0.4, -0.2) is 55.7 Å². The SMILES string of the molecule is CCOc1cccc(/C(O)=C2\C(=O)C(=O)N(c3nc(C)c(C(=O)OC)s3)C2c2ccc(OC)c(OC)c2)c1. The van der Waals surface area contributed by atoms with Crippen molar-refractivity contribution in [1.29, 1.82) is 0 Å². The standard InChI is InChI=1S/C27H26N2O8S/c1-6-37-17-9-7-8-16(12-17)22(30)20-21(15-10-11-18(34-3)19(13-15)35-4)29(25(32)23(20)31)27-28-14(2)24(38-27)26(33)36-5/h7-13,21,30H,6H2,1-5H3/b22-20+. The summed E-state index contributed by atoms with van der Waals surface area (Å²) in [5, 5.41) is 11.5. The summed E-state index contributed by atoms with van der Waals surface area (Å²) in [4.78, 5) is 44.9. The third kappa shape index (κ3) is 4.68. The Morgan fingerprint density at radius 3 is 2.47 bits per heavy atom. The lowest BCUT2D eigenvalue weighted by molar-refractivity contribution is -0.132. The second-order valence-electron chi connectivity index (χ2n) is 8.15. The van der Waals surface area contributed by atoms with E-state index < -0.39 is 23.7 Å². The smallest absolute Gasteiger partial charge is 0.350 e. The molecular formula is C27H26N2O8S. The highest BCUT2D eigenvalue weighted by Gasteiger charge is 2.48. The number of anilines is 1. The number of carbonyl (C=O) groups is 3. The van der Waals surface area contributed by atoms with Crippen molar-refractivity contribution in [2.24, 2.45) is 0 Å². The van der Waals surface area contributed by atoms with Crippen LogP contribution in [0.3, 0.4) is 0 Å². The van der Waals surface area contributed by atoms with Crippen LogP contribution in [0, 0.1) is 6.92 Å². The number of aliphatic hydroxyl groups excluding tert-OH is 1. The van der Waals surface area contributed by atoms with Gasteiger partial charge in [-0.15, -0.1) is 0 Å². The summed E-state index contributed by atoms with van der Waals surface area (Å²) in [6.45, 7) is 3.84. The van der Waals surface area contributed by atoms with Gasteiger partial charge in [0, 0.05) is 5.56 Å². The maximum Gasteiger partial charge on any atom is 0.350 e. The summed E-state index contributed by atoms with van der Waals surface area (Å²) >= 11 is 0.917. The number of hydrogen-bond acceptors (Lipinski definition) is 10. The first-order valence-electron chi connectivity index (χ1n) is 11.6. The predicted octanol–water partition coefficient (Wildman–Crippen LogP) is 4.28. The number of aromatic nitrogens is 1. The fraction of sp³-hybridized carbons (Fsp3) is 0.259. The molecule has 198 valence electrons. The highest BCUT2D eigenvalue weighted by Crippen LogP contribution is 2.45. The van der Waals surface area contributed by atoms with Crippen LogP contribution < -0.4 is 19.1 Å². The number of methoxy groups -OCH3 is 3. The lowest BCUT2D eigenvalue weighted by Gasteiger charge is -2.23. The molecular weight excluding hydrogens is 512 g/mol. The van der Waals surface area contributed by atoms with Crippen molar-refractivity contribution in [1.82, 2.24) is 4.98 Å². The molecule has 1 saturated heterocycles. The van der Waals surface area contributed by atoms with E-state index in [2.05, 4.69) is 4.98 Å². The van der Waals surface area contributed by atoms with Gasteiger partial charge < -0.3 is 24.1 Å². The van der Waals surface area contributed by atoms with E-state index in [0.29, 0.717) is 40.7 Å². The molecule has 3 aromatic rings. The van der Waals surface area contributed by atoms with Crippen LogP contribution in [0.4, 0.5) is 5.13 Å². The molecule has 2 heterocycles. The zero-order chi connectivity index (χ0) is 27.6. The van der Waals surface area contributed by atoms with Crippen molar-refractivity contribution in [2.75, 3.05) is 32.8 Å². The van der Waals surface area contributed by atoms with E-state index in [4.69, 9.17) is 18.9 Å². The minimum Gasteiger partial charge on any atom is -0.507 e. The van der Waals surface area contributed by atoms with E-state index in [1.54, 1.807) is 49.4 Å². The first-order chi connectivity index (χ1) is 18.2. The Labute approximate surface area is 223 Å². The average molecular weight is 539 g/mol. The van der Waals surface area contributed by atoms with E-state index in [1.165, 1.54) is 26.2 Å². The first-order valence-corrected chi connectivity index (χ1v) is 12.4. The van der Waals surface area contributed by atoms with Gasteiger partial charge >= 0.3 is 11.9 Å². The van der Waals surface area contributed by atoms with Gasteiger partial charge in [-0.2, -0.15) is 0 Å². The fourth-order valence-electron chi connectivity index (χ4n) is 4.19. The molecule has 1 aliphatic rings. The lowest BCUT2D eigenvalue weighted by atomic mass is 9.95. The molecule has 1 unspecified atom stereocenters. The number of hydrogen-bond donors (Lipinski definition) is 1. The van der Waals surface area contributed by atoms with Crippen LogP contribution >= 0.6 is 11.3 Å². The molecule has 38 heavy (non-hydrogen) atoms. The predicted molar refractivity (Wildman–Crippen MR) is 140 cm³/mol. The number of aliphatic hydroxyl groups is 1. The number of ether oxygens (including phenoxy) is 4. The Morgan fingerprint density at radius 1 is 1.08 bits per heavy atom. The Kier molecular flexibility index (Phi) is 7.67. The summed E-state index contributed by atoms with van der Waals surface area (Å²) in [6, 6.07) is 10.4. The van der Waals surface area contributed by atoms with Gasteiger partial charge in [-0.05, 0) is 43.7 Å². The summed E-state index contributed by atoms with van der Waals surface area (Å²) in [6.07, 6.45) is 0. The number of nitrogens with zero attached hydrogens (tertiary/aromatic N) is 2. The molecule has 0 saturated carbocycles. The number of aryl methyl sites for hydroxylation is 1. The van der Waals surface area contributed by atoms with Gasteiger partial charge in [0.15, 0.2) is 16.6 Å². The zero-order valence-electron chi connectivity index (χ0n) is 21.4. The van der Waals surface area contributed by atoms with Crippen LogP contribution in [0.1, 0.15) is 39.5 Å². The third-order valence-corrected chi connectivity index (χ3v) is 7.09. The molecule has 0 radical (unpaired) electrons. The minimum atomic E-state index is -1.08. The fourth-order valence-corrected chi connectivity index (χ4v) is 5.20. The summed E-state index contributed by atoms with van der Waals surface area (Å²) < 4.78 is 21.1. The molecule has 11 heteroatoms. The van der Waals surface area contributed by atoms with Crippen LogP contribution in [-0.2, 0) is 14.3 Å². The molecule has 1 fully saturated rings. The van der Waals surface area contributed by atoms with Crippen LogP contribution in [0.15, 0.2) is 48.0 Å². The van der Waals surface area contributed by atoms with Gasteiger partial charge in [0.25, 0.3) is 5.78 Å². The van der Waals surface area contributed by atoms with Crippen molar-refractivity contribution >= 4 is 39.9 Å². The van der Waals surface area contributed by atoms with Gasteiger partial charge in [0.05, 0.1) is 45.2 Å². The number of thiazole rings is 1. The second kappa shape index (κ2) is 10.9. The lowest BCUT2D eigenvalue weighted by Crippen LogP contribution is -2.29. The highest BCUT2D eigenvalue weighted by atomic mass is 32.1. The first kappa shape index (κ1) is 26.7. The maximum atomic E-state index is 13.4. The molecule has 1 atom stereocenters. The maximum absolute atomic E-state index is 13.4. The van der Waals surface area contributed by atoms with Crippen molar-refractivity contribution in [3.63, 3.8) is 0 Å². The number of carbonyl (C=O) groups excluding carboxylic acids is 3. The monoisotopic (exact) mass is 538 g/mol. The molecule has 10 nitrogen and oxygen atoms in total. The number of ketones is 1. The number of amides is 1. The number of esters is 1. The summed E-state index contributed by atoms with van der Waals surface area (Å²) in [5.74, 6) is -1.51. The molecule has 1 aromatic heterocycles. The van der Waals surface area contributed by atoms with Gasteiger partial charge in [-0.3, -0.25) is 14.5 Å². The van der Waals surface area contributed by atoms with Crippen molar-refractivity contribution in [3.05, 3.63) is 69.7 Å². The Balaban J connectivity index is 1.96. The number of Topliss-reactive ketones (excluding diaryl/α,β-unsaturated/α-hetero) is 1. The molecule has 0 bridgehead atoms. The van der Waals surface area contributed by atoms with Gasteiger partial charge in [0.1, 0.15) is 16.4 Å². The largest absolute Gasteiger partial charge is 0.507 e. The second-order valence-corrected chi connectivity index (χ2v) is 9.12. The zero-order valence-corrected chi connectivity index (χ0v) is 22.3. The van der Waals surface area contributed by atoms with Gasteiger partial charge in [-0.25, -0.2) is 9.78 Å². The van der Waals surface area contributed by atoms with E-state index in [0.717, 1.165) is 11.3 Å². The molecule has 1 amide bonds. The molecule has 2 aromatic carbocycles. The normalized spacial score (nSPS) is 16.4. The Bertz CT molecular complexity index is 1440. The van der Waals surface area contributed by atoms with Crippen molar-refractivity contribution < 1.29 is 38.4 Å². The summed E-state index contributed by atoms with van der Waals surface area (Å²) in [5.41, 5.74) is 0.944. The molecule has 0 aliphatic carbocycles. The van der Waals surface area contributed by atoms with E-state index >= 15 is 0 Å². The van der Waals surface area contributed by atoms with Crippen molar-refractivity contribution in [3.8, 4) is 17.2 Å². The van der Waals surface area contributed by atoms with Crippen LogP contribution in [0.5, 0.6) is 17.2 Å². The third-order valence-electron chi connectivity index (χ3n) is 5.95. The molecule has 4 rings (SSSR count). The molecule has 1 N–H and O–H groups in total. The average Bonchev–Trinajstić information content (AvgIpc) is 3.44. The van der Waals surface area contributed by atoms with E-state index in [-0.39, 0.29) is 21.3 Å². The highest BCUT2D eigenvalue weighted by molar-refractivity contribution is 7.17. The van der Waals surface area contributed by atoms with Gasteiger partial charge in [-0.1, -0.05) is 29.5 Å². The van der Waals surface area contributed by atoms with Gasteiger partial charge in [0.2, 0.25) is 0 Å². The molecule has 1 aliphatic heterocycles. The van der Waals surface area contributed by atoms with E-state index in [9.17, 15) is 19.5 Å². The summed E-state index contributed by atoms with van der Waals surface area (Å²) in [7, 11) is 4.19. The number of rotatable bonds is 8. The quantitative estimate of drug-likeness (QED) is 0.194. The Hall–Kier alpha value is -4.38.